The Hall–Kier alpha value is -2.00. The number of hydrogen-bond acceptors (Lipinski definition) is 8. The summed E-state index contributed by atoms with van der Waals surface area (Å²) in [6.07, 6.45) is 2.55. The summed E-state index contributed by atoms with van der Waals surface area (Å²) in [5.41, 5.74) is -1.83. The van der Waals surface area contributed by atoms with Gasteiger partial charge < -0.3 is 29.2 Å². The Labute approximate surface area is 169 Å². The summed E-state index contributed by atoms with van der Waals surface area (Å²) in [6, 6.07) is 0. The first-order chi connectivity index (χ1) is 13.5. The van der Waals surface area contributed by atoms with E-state index < -0.39 is 35.0 Å². The highest BCUT2D eigenvalue weighted by Gasteiger charge is 2.58. The summed E-state index contributed by atoms with van der Waals surface area (Å²) in [7, 11) is 1.44. The fourth-order valence-electron chi connectivity index (χ4n) is 3.94. The zero-order valence-electron chi connectivity index (χ0n) is 17.4. The summed E-state index contributed by atoms with van der Waals surface area (Å²) in [4.78, 5) is 25.0. The van der Waals surface area contributed by atoms with Crippen LogP contribution in [0.4, 0.5) is 0 Å². The molecule has 8 nitrogen and oxygen atoms in total. The molecular formula is C21H28O8. The molecule has 0 aromatic rings. The number of esters is 2. The monoisotopic (exact) mass is 408 g/mol. The second-order valence-corrected chi connectivity index (χ2v) is 8.27. The highest BCUT2D eigenvalue weighted by Crippen LogP contribution is 2.49. The predicted octanol–water partition coefficient (Wildman–Crippen LogP) is 1.66. The van der Waals surface area contributed by atoms with Crippen molar-refractivity contribution in [2.45, 2.75) is 70.1 Å². The van der Waals surface area contributed by atoms with Crippen molar-refractivity contribution in [3.63, 3.8) is 0 Å². The molecule has 160 valence electrons. The van der Waals surface area contributed by atoms with Crippen molar-refractivity contribution in [1.82, 2.24) is 0 Å². The lowest BCUT2D eigenvalue weighted by Crippen LogP contribution is -2.54. The van der Waals surface area contributed by atoms with E-state index in [0.29, 0.717) is 17.6 Å². The maximum Gasteiger partial charge on any atom is 0.342 e. The SMILES string of the molecule is C/C=C(\C)C(=O)O[C@H]1C[C@@](C)(O)[C@@]2(O)CC[C@@](C)(/C=C3/OC(=O)C(COC)=C31)O2. The van der Waals surface area contributed by atoms with Crippen LogP contribution in [0.2, 0.25) is 0 Å². The summed E-state index contributed by atoms with van der Waals surface area (Å²) < 4.78 is 22.1. The molecule has 3 rings (SSSR count). The quantitative estimate of drug-likeness (QED) is 0.534. The Morgan fingerprint density at radius 1 is 1.34 bits per heavy atom. The molecule has 0 radical (unpaired) electrons. The van der Waals surface area contributed by atoms with Gasteiger partial charge in [-0.25, -0.2) is 9.59 Å². The number of aliphatic hydroxyl groups is 2. The summed E-state index contributed by atoms with van der Waals surface area (Å²) in [6.45, 7) is 6.43. The predicted molar refractivity (Wildman–Crippen MR) is 101 cm³/mol. The minimum absolute atomic E-state index is 0.0495. The molecule has 0 saturated carbocycles. The minimum atomic E-state index is -1.84. The molecular weight excluding hydrogens is 380 g/mol. The van der Waals surface area contributed by atoms with E-state index in [0.717, 1.165) is 0 Å². The second kappa shape index (κ2) is 7.36. The van der Waals surface area contributed by atoms with Crippen molar-refractivity contribution in [2.24, 2.45) is 0 Å². The molecule has 3 heterocycles. The van der Waals surface area contributed by atoms with Gasteiger partial charge in [0, 0.05) is 31.1 Å². The average molecular weight is 408 g/mol. The number of allylic oxidation sites excluding steroid dienone is 1. The lowest BCUT2D eigenvalue weighted by atomic mass is 9.82. The number of carbonyl (C=O) groups excluding carboxylic acids is 2. The van der Waals surface area contributed by atoms with Crippen LogP contribution in [0.1, 0.15) is 47.0 Å². The van der Waals surface area contributed by atoms with Crippen molar-refractivity contribution in [1.29, 1.82) is 0 Å². The zero-order valence-corrected chi connectivity index (χ0v) is 17.4. The van der Waals surface area contributed by atoms with Crippen LogP contribution in [0.15, 0.2) is 34.6 Å². The normalized spacial score (nSPS) is 39.1. The molecule has 2 bridgehead atoms. The third-order valence-corrected chi connectivity index (χ3v) is 5.88. The molecule has 1 fully saturated rings. The van der Waals surface area contributed by atoms with Gasteiger partial charge in [0.05, 0.1) is 17.8 Å². The molecule has 0 aliphatic carbocycles. The van der Waals surface area contributed by atoms with Crippen LogP contribution in [-0.4, -0.2) is 59.0 Å². The van der Waals surface area contributed by atoms with Crippen molar-refractivity contribution < 1.29 is 38.7 Å². The number of methoxy groups -OCH3 is 1. The number of rotatable bonds is 4. The van der Waals surface area contributed by atoms with Crippen molar-refractivity contribution in [3.05, 3.63) is 34.6 Å². The molecule has 0 spiro atoms. The van der Waals surface area contributed by atoms with E-state index in [1.54, 1.807) is 32.9 Å². The fraction of sp³-hybridized carbons (Fsp3) is 0.619. The standard InChI is InChI=1S/C21H28O8/c1-6-12(2)17(22)27-15-10-20(4,24)21(25)8-7-19(3,29-21)9-14-16(15)13(11-26-5)18(23)28-14/h6,9,15,24-25H,7-8,10-11H2,1-5H3/b12-6+,14-9+/t15-,19-,20+,21+/m0/s1. The molecule has 8 heteroatoms. The minimum Gasteiger partial charge on any atom is -0.454 e. The van der Waals surface area contributed by atoms with Gasteiger partial charge in [-0.2, -0.15) is 0 Å². The highest BCUT2D eigenvalue weighted by molar-refractivity contribution is 5.95. The van der Waals surface area contributed by atoms with Crippen molar-refractivity contribution in [2.75, 3.05) is 13.7 Å². The van der Waals surface area contributed by atoms with Crippen LogP contribution in [0.5, 0.6) is 0 Å². The maximum absolute atomic E-state index is 12.5. The van der Waals surface area contributed by atoms with Crippen LogP contribution in [0, 0.1) is 0 Å². The van der Waals surface area contributed by atoms with E-state index in [-0.39, 0.29) is 30.8 Å². The molecule has 0 aromatic heterocycles. The molecule has 29 heavy (non-hydrogen) atoms. The van der Waals surface area contributed by atoms with E-state index in [1.165, 1.54) is 14.0 Å². The summed E-state index contributed by atoms with van der Waals surface area (Å²) in [5.74, 6) is -2.85. The molecule has 3 aliphatic rings. The fourth-order valence-corrected chi connectivity index (χ4v) is 3.94. The number of hydrogen-bond donors (Lipinski definition) is 2. The molecule has 0 aromatic carbocycles. The lowest BCUT2D eigenvalue weighted by Gasteiger charge is -2.40. The first kappa shape index (κ1) is 21.7. The van der Waals surface area contributed by atoms with Gasteiger partial charge in [-0.1, -0.05) is 6.08 Å². The van der Waals surface area contributed by atoms with Gasteiger partial charge in [-0.3, -0.25) is 0 Å². The molecule has 4 atom stereocenters. The van der Waals surface area contributed by atoms with E-state index in [4.69, 9.17) is 18.9 Å². The van der Waals surface area contributed by atoms with Gasteiger partial charge in [0.1, 0.15) is 17.5 Å². The first-order valence-corrected chi connectivity index (χ1v) is 9.61. The van der Waals surface area contributed by atoms with Gasteiger partial charge in [0.15, 0.2) is 5.79 Å². The third kappa shape index (κ3) is 3.77. The molecule has 3 aliphatic heterocycles. The van der Waals surface area contributed by atoms with Crippen LogP contribution in [-0.2, 0) is 28.5 Å². The molecule has 1 saturated heterocycles. The Morgan fingerprint density at radius 2 is 2.03 bits per heavy atom. The molecule has 0 amide bonds. The largest absolute Gasteiger partial charge is 0.454 e. The number of carbonyl (C=O) groups is 2. The van der Waals surface area contributed by atoms with Gasteiger partial charge in [0.25, 0.3) is 0 Å². The van der Waals surface area contributed by atoms with Gasteiger partial charge in [-0.15, -0.1) is 0 Å². The second-order valence-electron chi connectivity index (χ2n) is 8.27. The van der Waals surface area contributed by atoms with E-state index >= 15 is 0 Å². The lowest BCUT2D eigenvalue weighted by molar-refractivity contribution is -0.298. The third-order valence-electron chi connectivity index (χ3n) is 5.88. The molecule has 2 N–H and O–H groups in total. The van der Waals surface area contributed by atoms with E-state index in [9.17, 15) is 19.8 Å². The van der Waals surface area contributed by atoms with E-state index in [2.05, 4.69) is 0 Å². The highest BCUT2D eigenvalue weighted by atomic mass is 16.7. The van der Waals surface area contributed by atoms with E-state index in [1.807, 2.05) is 0 Å². The van der Waals surface area contributed by atoms with Gasteiger partial charge in [0.2, 0.25) is 0 Å². The van der Waals surface area contributed by atoms with Crippen LogP contribution in [0.3, 0.4) is 0 Å². The van der Waals surface area contributed by atoms with Gasteiger partial charge >= 0.3 is 11.9 Å². The summed E-state index contributed by atoms with van der Waals surface area (Å²) >= 11 is 0. The van der Waals surface area contributed by atoms with Crippen LogP contribution >= 0.6 is 0 Å². The molecule has 0 unspecified atom stereocenters. The van der Waals surface area contributed by atoms with Crippen molar-refractivity contribution in [3.8, 4) is 0 Å². The smallest absolute Gasteiger partial charge is 0.342 e. The van der Waals surface area contributed by atoms with Gasteiger partial charge in [-0.05, 0) is 40.2 Å². The van der Waals surface area contributed by atoms with Crippen LogP contribution in [0.25, 0.3) is 0 Å². The maximum atomic E-state index is 12.5. The Morgan fingerprint density at radius 3 is 2.66 bits per heavy atom. The number of ether oxygens (including phenoxy) is 4. The number of fused-ring (bicyclic) bond motifs is 3. The van der Waals surface area contributed by atoms with Crippen LogP contribution < -0.4 is 0 Å². The topological polar surface area (TPSA) is 112 Å². The Balaban J connectivity index is 2.17. The first-order valence-electron chi connectivity index (χ1n) is 9.61. The Bertz CT molecular complexity index is 821. The average Bonchev–Trinajstić information content (AvgIpc) is 3.11. The van der Waals surface area contributed by atoms with Crippen molar-refractivity contribution >= 4 is 11.9 Å². The zero-order chi connectivity index (χ0) is 21.6. The Kier molecular flexibility index (Phi) is 5.51. The summed E-state index contributed by atoms with van der Waals surface area (Å²) in [5, 5.41) is 22.2.